The van der Waals surface area contributed by atoms with Crippen LogP contribution in [0.15, 0.2) is 24.3 Å². The zero-order valence-electron chi connectivity index (χ0n) is 6.12. The van der Waals surface area contributed by atoms with Gasteiger partial charge in [0.25, 0.3) is 5.91 Å². The lowest BCUT2D eigenvalue weighted by Crippen LogP contribution is -2.08. The summed E-state index contributed by atoms with van der Waals surface area (Å²) in [6, 6.07) is 5.80. The van der Waals surface area contributed by atoms with Crippen molar-refractivity contribution in [3.63, 3.8) is 0 Å². The average Bonchev–Trinajstić information content (AvgIpc) is 2.04. The van der Waals surface area contributed by atoms with Crippen LogP contribution in [0, 0.1) is 5.82 Å². The largest absolute Gasteiger partial charge is 0.272 e. The summed E-state index contributed by atoms with van der Waals surface area (Å²) in [6.07, 6.45) is 0. The molecular weight excluding hydrogens is 177 g/mol. The first-order chi connectivity index (χ1) is 5.63. The number of thiol groups is 1. The van der Waals surface area contributed by atoms with Crippen LogP contribution in [-0.4, -0.2) is 5.91 Å². The molecular formula is C8H7FNOS. The Kier molecular flexibility index (Phi) is 2.70. The Morgan fingerprint density at radius 2 is 2.08 bits per heavy atom. The molecule has 0 heterocycles. The predicted octanol–water partition coefficient (Wildman–Crippen LogP) is 1.61. The minimum absolute atomic E-state index is 0.154. The monoisotopic (exact) mass is 184 g/mol. The molecule has 0 saturated heterocycles. The maximum atomic E-state index is 12.9. The highest BCUT2D eigenvalue weighted by molar-refractivity contribution is 7.81. The molecule has 0 bridgehead atoms. The number of rotatable bonds is 2. The van der Waals surface area contributed by atoms with E-state index in [1.807, 2.05) is 0 Å². The fraction of sp³-hybridized carbons (Fsp3) is 0.125. The van der Waals surface area contributed by atoms with Gasteiger partial charge < -0.3 is 0 Å². The van der Waals surface area contributed by atoms with E-state index in [2.05, 4.69) is 12.6 Å². The van der Waals surface area contributed by atoms with E-state index in [4.69, 9.17) is 5.73 Å². The maximum absolute atomic E-state index is 12.9. The van der Waals surface area contributed by atoms with Crippen molar-refractivity contribution in [3.05, 3.63) is 35.6 Å². The summed E-state index contributed by atoms with van der Waals surface area (Å²) >= 11 is 3.81. The third kappa shape index (κ3) is 1.76. The first-order valence-electron chi connectivity index (χ1n) is 3.31. The Hall–Kier alpha value is -1.03. The molecule has 0 saturated carbocycles. The number of benzene rings is 1. The van der Waals surface area contributed by atoms with Gasteiger partial charge in [0, 0.05) is 5.56 Å². The van der Waals surface area contributed by atoms with Crippen LogP contribution >= 0.6 is 12.6 Å². The first kappa shape index (κ1) is 9.06. The molecule has 1 unspecified atom stereocenters. The quantitative estimate of drug-likeness (QED) is 0.697. The summed E-state index contributed by atoms with van der Waals surface area (Å²) in [4.78, 5) is 10.5. The molecule has 0 aromatic heterocycles. The van der Waals surface area contributed by atoms with Crippen molar-refractivity contribution in [1.82, 2.24) is 5.73 Å². The highest BCUT2D eigenvalue weighted by atomic mass is 32.1. The van der Waals surface area contributed by atoms with Crippen molar-refractivity contribution in [2.75, 3.05) is 0 Å². The minimum atomic E-state index is -0.980. The van der Waals surface area contributed by atoms with Crippen LogP contribution in [0.5, 0.6) is 0 Å². The van der Waals surface area contributed by atoms with Gasteiger partial charge in [-0.2, -0.15) is 12.6 Å². The van der Waals surface area contributed by atoms with Crippen LogP contribution in [0.25, 0.3) is 0 Å². The molecule has 1 radical (unpaired) electrons. The topological polar surface area (TPSA) is 40.9 Å². The third-order valence-electron chi connectivity index (χ3n) is 1.45. The van der Waals surface area contributed by atoms with Gasteiger partial charge in [-0.1, -0.05) is 18.2 Å². The molecule has 12 heavy (non-hydrogen) atoms. The van der Waals surface area contributed by atoms with Crippen LogP contribution < -0.4 is 5.73 Å². The maximum Gasteiger partial charge on any atom is 0.255 e. The van der Waals surface area contributed by atoms with E-state index in [1.165, 1.54) is 18.2 Å². The Bertz CT molecular complexity index is 303. The highest BCUT2D eigenvalue weighted by Crippen LogP contribution is 2.21. The summed E-state index contributed by atoms with van der Waals surface area (Å²) in [5, 5.41) is -0.980. The minimum Gasteiger partial charge on any atom is -0.272 e. The van der Waals surface area contributed by atoms with Gasteiger partial charge in [-0.15, -0.1) is 0 Å². The molecule has 0 fully saturated rings. The van der Waals surface area contributed by atoms with Gasteiger partial charge in [0.05, 0.1) is 0 Å². The van der Waals surface area contributed by atoms with E-state index >= 15 is 0 Å². The van der Waals surface area contributed by atoms with Crippen molar-refractivity contribution in [2.24, 2.45) is 0 Å². The van der Waals surface area contributed by atoms with Crippen LogP contribution in [0.4, 0.5) is 4.39 Å². The molecule has 1 aromatic rings. The molecule has 0 aliphatic carbocycles. The molecule has 2 nitrogen and oxygen atoms in total. The third-order valence-corrected chi connectivity index (χ3v) is 1.96. The van der Waals surface area contributed by atoms with E-state index in [0.29, 0.717) is 0 Å². The lowest BCUT2D eigenvalue weighted by atomic mass is 10.1. The standard InChI is InChI=1S/C8H7FNOS/c9-6-4-2-1-3-5(6)7(12)8(10)11/h1-4,7,10,12H. The van der Waals surface area contributed by atoms with Crippen molar-refractivity contribution in [2.45, 2.75) is 5.25 Å². The molecule has 1 amide bonds. The number of carbonyl (C=O) groups excluding carboxylic acids is 1. The Morgan fingerprint density at radius 1 is 1.50 bits per heavy atom. The van der Waals surface area contributed by atoms with Gasteiger partial charge in [0.15, 0.2) is 0 Å². The Balaban J connectivity index is 3.02. The first-order valence-corrected chi connectivity index (χ1v) is 3.82. The lowest BCUT2D eigenvalue weighted by Gasteiger charge is -2.05. The molecule has 0 aliphatic heterocycles. The predicted molar refractivity (Wildman–Crippen MR) is 46.2 cm³/mol. The van der Waals surface area contributed by atoms with E-state index in [1.54, 1.807) is 6.07 Å². The molecule has 1 atom stereocenters. The van der Waals surface area contributed by atoms with Gasteiger partial charge in [0.1, 0.15) is 11.1 Å². The van der Waals surface area contributed by atoms with Gasteiger partial charge in [-0.05, 0) is 6.07 Å². The molecule has 1 aromatic carbocycles. The van der Waals surface area contributed by atoms with Crippen molar-refractivity contribution >= 4 is 18.5 Å². The number of hydrogen-bond acceptors (Lipinski definition) is 2. The van der Waals surface area contributed by atoms with Crippen molar-refractivity contribution in [3.8, 4) is 0 Å². The summed E-state index contributed by atoms with van der Waals surface area (Å²) in [7, 11) is 0. The number of nitrogens with one attached hydrogen (secondary N) is 1. The second-order valence-electron chi connectivity index (χ2n) is 2.29. The molecule has 0 spiro atoms. The average molecular weight is 184 g/mol. The van der Waals surface area contributed by atoms with E-state index in [0.717, 1.165) is 0 Å². The zero-order chi connectivity index (χ0) is 9.14. The zero-order valence-corrected chi connectivity index (χ0v) is 7.01. The normalized spacial score (nSPS) is 12.5. The summed E-state index contributed by atoms with van der Waals surface area (Å²) in [6.45, 7) is 0. The molecule has 63 valence electrons. The van der Waals surface area contributed by atoms with E-state index in [-0.39, 0.29) is 5.56 Å². The van der Waals surface area contributed by atoms with Gasteiger partial charge in [0.2, 0.25) is 0 Å². The van der Waals surface area contributed by atoms with Gasteiger partial charge >= 0.3 is 0 Å². The van der Waals surface area contributed by atoms with E-state index < -0.39 is 17.0 Å². The van der Waals surface area contributed by atoms with E-state index in [9.17, 15) is 9.18 Å². The second kappa shape index (κ2) is 3.58. The SMILES string of the molecule is [NH]C(=O)C(S)c1ccccc1F. The fourth-order valence-corrected chi connectivity index (χ4v) is 1.05. The lowest BCUT2D eigenvalue weighted by molar-refractivity contribution is -0.118. The van der Waals surface area contributed by atoms with Crippen molar-refractivity contribution < 1.29 is 9.18 Å². The van der Waals surface area contributed by atoms with Crippen molar-refractivity contribution in [1.29, 1.82) is 0 Å². The number of halogens is 1. The van der Waals surface area contributed by atoms with Gasteiger partial charge in [-0.25, -0.2) is 4.39 Å². The van der Waals surface area contributed by atoms with Crippen LogP contribution in [0.3, 0.4) is 0 Å². The molecule has 1 rings (SSSR count). The summed E-state index contributed by atoms with van der Waals surface area (Å²) in [5.74, 6) is -1.40. The number of amides is 1. The van der Waals surface area contributed by atoms with Crippen LogP contribution in [0.1, 0.15) is 10.8 Å². The van der Waals surface area contributed by atoms with Crippen LogP contribution in [-0.2, 0) is 4.79 Å². The molecule has 4 heteroatoms. The Labute approximate surface area is 75.0 Å². The number of carbonyl (C=O) groups is 1. The summed E-state index contributed by atoms with van der Waals surface area (Å²) in [5.41, 5.74) is 6.89. The fourth-order valence-electron chi connectivity index (χ4n) is 0.838. The summed E-state index contributed by atoms with van der Waals surface area (Å²) < 4.78 is 12.9. The highest BCUT2D eigenvalue weighted by Gasteiger charge is 2.16. The molecule has 1 N–H and O–H groups in total. The molecule has 0 aliphatic rings. The second-order valence-corrected chi connectivity index (χ2v) is 2.80. The Morgan fingerprint density at radius 3 is 2.58 bits per heavy atom. The van der Waals surface area contributed by atoms with Gasteiger partial charge in [-0.3, -0.25) is 10.5 Å². The number of hydrogen-bond donors (Lipinski definition) is 1. The van der Waals surface area contributed by atoms with Crippen LogP contribution in [0.2, 0.25) is 0 Å². The smallest absolute Gasteiger partial charge is 0.255 e.